The van der Waals surface area contributed by atoms with Gasteiger partial charge in [-0.25, -0.2) is 0 Å². The molecule has 0 saturated heterocycles. The van der Waals surface area contributed by atoms with Gasteiger partial charge in [-0.15, -0.1) is 0 Å². The maximum absolute atomic E-state index is 0. The van der Waals surface area contributed by atoms with Crippen LogP contribution in [0.15, 0.2) is 0 Å². The summed E-state index contributed by atoms with van der Waals surface area (Å²) >= 11 is 0. The van der Waals surface area contributed by atoms with Crippen molar-refractivity contribution in [2.45, 2.75) is 0 Å². The Morgan fingerprint density at radius 3 is 0.118 bits per heavy atom. The van der Waals surface area contributed by atoms with E-state index in [1.165, 1.54) is 0 Å². The molecule has 0 bridgehead atoms. The fraction of sp³-hybridized carbons (Fsp3) is 0. The Labute approximate surface area is 145 Å². The first-order valence-electron chi connectivity index (χ1n) is 0. The summed E-state index contributed by atoms with van der Waals surface area (Å²) in [5.41, 5.74) is 0. The largest absolute Gasteiger partial charge is 0.412 e. The topological polar surface area (TPSA) is 410 Å². The first kappa shape index (κ1) is 1810. The molecular formula is H26O13V4. The SMILES string of the molecule is O.O.O.O.O.O.O.O.O.O.O.O.O.[V].[V].[V].[V]. The van der Waals surface area contributed by atoms with Crippen molar-refractivity contribution in [3.63, 3.8) is 0 Å². The van der Waals surface area contributed by atoms with Crippen LogP contribution >= 0.6 is 0 Å². The molecule has 0 aliphatic carbocycles. The van der Waals surface area contributed by atoms with Crippen molar-refractivity contribution >= 4 is 0 Å². The molecule has 26 N–H and O–H groups in total. The van der Waals surface area contributed by atoms with Crippen LogP contribution in [0.2, 0.25) is 0 Å². The summed E-state index contributed by atoms with van der Waals surface area (Å²) in [4.78, 5) is 0. The van der Waals surface area contributed by atoms with Crippen LogP contribution in [-0.4, -0.2) is 71.2 Å². The Morgan fingerprint density at radius 2 is 0.118 bits per heavy atom. The van der Waals surface area contributed by atoms with Gasteiger partial charge in [0.05, 0.1) is 0 Å². The van der Waals surface area contributed by atoms with Crippen molar-refractivity contribution in [3.8, 4) is 0 Å². The monoisotopic (exact) mass is 438 g/mol. The summed E-state index contributed by atoms with van der Waals surface area (Å²) < 4.78 is 0. The second kappa shape index (κ2) is 1530. The van der Waals surface area contributed by atoms with Gasteiger partial charge in [-0.05, 0) is 0 Å². The Kier molecular flexibility index (Phi) is 162000. The van der Waals surface area contributed by atoms with Crippen LogP contribution in [0.5, 0.6) is 0 Å². The van der Waals surface area contributed by atoms with Gasteiger partial charge < -0.3 is 71.2 Å². The van der Waals surface area contributed by atoms with Crippen LogP contribution in [0.1, 0.15) is 0 Å². The van der Waals surface area contributed by atoms with Gasteiger partial charge in [0.2, 0.25) is 0 Å². The van der Waals surface area contributed by atoms with Gasteiger partial charge in [0, 0.05) is 74.2 Å². The van der Waals surface area contributed by atoms with Crippen LogP contribution in [0, 0.1) is 0 Å². The molecule has 0 unspecified atom stereocenters. The van der Waals surface area contributed by atoms with Gasteiger partial charge in [-0.1, -0.05) is 0 Å². The standard InChI is InChI=1S/13H2O.4V/h13*1H2;;;;. The van der Waals surface area contributed by atoms with Crippen molar-refractivity contribution in [2.24, 2.45) is 0 Å². The third kappa shape index (κ3) is 1350. The second-order valence-corrected chi connectivity index (χ2v) is 0. The van der Waals surface area contributed by atoms with Gasteiger partial charge in [0.1, 0.15) is 0 Å². The zero-order chi connectivity index (χ0) is 0. The van der Waals surface area contributed by atoms with Crippen molar-refractivity contribution in [1.29, 1.82) is 0 Å². The summed E-state index contributed by atoms with van der Waals surface area (Å²) in [5, 5.41) is 0. The fourth-order valence-corrected chi connectivity index (χ4v) is 0. The second-order valence-electron chi connectivity index (χ2n) is 0. The normalized spacial score (nSPS) is 0. The molecule has 0 atom stereocenters. The molecule has 17 heteroatoms. The zero-order valence-electron chi connectivity index (χ0n) is 8.29. The predicted octanol–water partition coefficient (Wildman–Crippen LogP) is -10.7. The minimum Gasteiger partial charge on any atom is -0.412 e. The van der Waals surface area contributed by atoms with Crippen molar-refractivity contribution in [2.75, 3.05) is 0 Å². The van der Waals surface area contributed by atoms with Gasteiger partial charge in [-0.3, -0.25) is 0 Å². The molecule has 0 amide bonds. The van der Waals surface area contributed by atoms with Crippen LogP contribution < -0.4 is 0 Å². The van der Waals surface area contributed by atoms with Crippen LogP contribution in [0.25, 0.3) is 0 Å². The maximum atomic E-state index is 0. The van der Waals surface area contributed by atoms with E-state index in [2.05, 4.69) is 0 Å². The molecule has 0 rings (SSSR count). The molecular weight excluding hydrogens is 412 g/mol. The molecule has 0 aliphatic rings. The van der Waals surface area contributed by atoms with Gasteiger partial charge in [-0.2, -0.15) is 0 Å². The maximum Gasteiger partial charge on any atom is 0 e. The molecule has 17 heavy (non-hydrogen) atoms. The molecule has 0 aromatic rings. The van der Waals surface area contributed by atoms with Crippen LogP contribution in [-0.2, 0) is 74.2 Å². The quantitative estimate of drug-likeness (QED) is 0.340. The number of rotatable bonds is 0. The Hall–Kier alpha value is 1.82. The minimum absolute atomic E-state index is 0. The van der Waals surface area contributed by atoms with E-state index in [1.807, 2.05) is 0 Å². The third-order valence-corrected chi connectivity index (χ3v) is 0. The first-order chi connectivity index (χ1) is 0. The molecule has 0 spiro atoms. The van der Waals surface area contributed by atoms with E-state index >= 15 is 0 Å². The first-order valence-corrected chi connectivity index (χ1v) is 0. The summed E-state index contributed by atoms with van der Waals surface area (Å²) in [6, 6.07) is 0. The van der Waals surface area contributed by atoms with E-state index in [-0.39, 0.29) is 145 Å². The molecule has 13 nitrogen and oxygen atoms in total. The number of hydrogen-bond donors (Lipinski definition) is 0. The molecule has 0 saturated carbocycles. The summed E-state index contributed by atoms with van der Waals surface area (Å²) in [7, 11) is 0. The molecule has 0 aliphatic heterocycles. The molecule has 0 aromatic carbocycles. The number of hydrogen-bond acceptors (Lipinski definition) is 0. The van der Waals surface area contributed by atoms with Gasteiger partial charge >= 0.3 is 0 Å². The molecule has 0 aromatic heterocycles. The van der Waals surface area contributed by atoms with Gasteiger partial charge in [0.15, 0.2) is 0 Å². The van der Waals surface area contributed by atoms with E-state index in [0.29, 0.717) is 0 Å². The third-order valence-electron chi connectivity index (χ3n) is 0. The molecule has 0 fully saturated rings. The fourth-order valence-electron chi connectivity index (χ4n) is 0. The molecule has 0 heterocycles. The van der Waals surface area contributed by atoms with E-state index in [9.17, 15) is 0 Å². The Balaban J connectivity index is 0. The van der Waals surface area contributed by atoms with Crippen molar-refractivity contribution in [1.82, 2.24) is 0 Å². The summed E-state index contributed by atoms with van der Waals surface area (Å²) in [5.74, 6) is 0. The summed E-state index contributed by atoms with van der Waals surface area (Å²) in [6.45, 7) is 0. The Morgan fingerprint density at radius 1 is 0.118 bits per heavy atom. The molecule has 124 valence electrons. The van der Waals surface area contributed by atoms with Crippen LogP contribution in [0.3, 0.4) is 0 Å². The van der Waals surface area contributed by atoms with E-state index in [1.54, 1.807) is 0 Å². The zero-order valence-corrected chi connectivity index (χ0v) is 13.9. The average molecular weight is 438 g/mol. The van der Waals surface area contributed by atoms with E-state index in [4.69, 9.17) is 0 Å². The predicted molar refractivity (Wildman–Crippen MR) is 47.0 cm³/mol. The van der Waals surface area contributed by atoms with Crippen LogP contribution in [0.4, 0.5) is 0 Å². The smallest absolute Gasteiger partial charge is 0 e. The molecule has 4 radical (unpaired) electrons. The average Bonchev–Trinajstić information content (AvgIpc) is 0. The van der Waals surface area contributed by atoms with Crippen molar-refractivity contribution in [3.05, 3.63) is 0 Å². The Bertz CT molecular complexity index is 13.4. The summed E-state index contributed by atoms with van der Waals surface area (Å²) in [6.07, 6.45) is 0. The van der Waals surface area contributed by atoms with Gasteiger partial charge in [0.25, 0.3) is 0 Å². The van der Waals surface area contributed by atoms with E-state index in [0.717, 1.165) is 0 Å². The van der Waals surface area contributed by atoms with Crippen molar-refractivity contribution < 1.29 is 145 Å². The van der Waals surface area contributed by atoms with E-state index < -0.39 is 0 Å². The minimum atomic E-state index is 0.